The molecule has 3 heterocycles. The summed E-state index contributed by atoms with van der Waals surface area (Å²) in [5.74, 6) is 0. The second-order valence-corrected chi connectivity index (χ2v) is 6.40. The monoisotopic (exact) mass is 311 g/mol. The molecule has 1 aromatic rings. The average molecular weight is 312 g/mol. The van der Waals surface area contributed by atoms with E-state index >= 15 is 0 Å². The van der Waals surface area contributed by atoms with Crippen molar-refractivity contribution in [2.75, 3.05) is 6.54 Å². The quantitative estimate of drug-likeness (QED) is 0.859. The van der Waals surface area contributed by atoms with E-state index in [0.29, 0.717) is 17.9 Å². The van der Waals surface area contributed by atoms with E-state index in [1.54, 1.807) is 12.3 Å². The molecule has 6 heteroatoms. The standard InChI is InChI=1S/C15H16ClF2N3/c16-11-3-10(6-20-7-11)15(9-19)4-12-1-2-13(5-15)21(12)8-14(17)18/h3,6-7,12-14H,1-2,4-5,8H2. The number of rotatable bonds is 3. The molecule has 2 aliphatic heterocycles. The van der Waals surface area contributed by atoms with E-state index in [4.69, 9.17) is 11.6 Å². The highest BCUT2D eigenvalue weighted by atomic mass is 35.5. The number of hydrogen-bond donors (Lipinski definition) is 0. The number of pyridine rings is 1. The van der Waals surface area contributed by atoms with Gasteiger partial charge in [0.15, 0.2) is 0 Å². The number of aromatic nitrogens is 1. The van der Waals surface area contributed by atoms with Gasteiger partial charge in [0.05, 0.1) is 23.1 Å². The fourth-order valence-corrected chi connectivity index (χ4v) is 4.04. The van der Waals surface area contributed by atoms with Gasteiger partial charge in [0.2, 0.25) is 0 Å². The normalized spacial score (nSPS) is 32.3. The number of hydrogen-bond acceptors (Lipinski definition) is 3. The Kier molecular flexibility index (Phi) is 3.85. The number of fused-ring (bicyclic) bond motifs is 2. The van der Waals surface area contributed by atoms with Crippen LogP contribution in [0.15, 0.2) is 18.5 Å². The SMILES string of the molecule is N#CC1(c2cncc(Cl)c2)CC2CCC(C1)N2CC(F)F. The Morgan fingerprint density at radius 1 is 1.38 bits per heavy atom. The van der Waals surface area contributed by atoms with Gasteiger partial charge in [0.1, 0.15) is 0 Å². The highest BCUT2D eigenvalue weighted by molar-refractivity contribution is 6.30. The third-order valence-corrected chi connectivity index (χ3v) is 4.97. The summed E-state index contributed by atoms with van der Waals surface area (Å²) in [7, 11) is 0. The lowest BCUT2D eigenvalue weighted by atomic mass is 9.71. The molecule has 2 atom stereocenters. The number of alkyl halides is 2. The van der Waals surface area contributed by atoms with Crippen molar-refractivity contribution in [2.24, 2.45) is 0 Å². The van der Waals surface area contributed by atoms with Gasteiger partial charge in [-0.3, -0.25) is 9.88 Å². The van der Waals surface area contributed by atoms with Gasteiger partial charge in [-0.05, 0) is 37.3 Å². The molecular weight excluding hydrogens is 296 g/mol. The van der Waals surface area contributed by atoms with E-state index in [1.165, 1.54) is 6.20 Å². The van der Waals surface area contributed by atoms with E-state index < -0.39 is 11.8 Å². The van der Waals surface area contributed by atoms with E-state index in [9.17, 15) is 14.0 Å². The lowest BCUT2D eigenvalue weighted by molar-refractivity contribution is 0.0306. The largest absolute Gasteiger partial charge is 0.292 e. The van der Waals surface area contributed by atoms with E-state index in [1.807, 2.05) is 4.90 Å². The Morgan fingerprint density at radius 3 is 2.57 bits per heavy atom. The third kappa shape index (κ3) is 2.63. The van der Waals surface area contributed by atoms with Crippen LogP contribution in [-0.4, -0.2) is 34.9 Å². The lowest BCUT2D eigenvalue weighted by Gasteiger charge is -2.43. The lowest BCUT2D eigenvalue weighted by Crippen LogP contribution is -2.50. The fourth-order valence-electron chi connectivity index (χ4n) is 3.86. The van der Waals surface area contributed by atoms with Crippen LogP contribution in [0.25, 0.3) is 0 Å². The van der Waals surface area contributed by atoms with Gasteiger partial charge in [-0.1, -0.05) is 11.6 Å². The van der Waals surface area contributed by atoms with Crippen molar-refractivity contribution in [1.29, 1.82) is 5.26 Å². The molecule has 0 aliphatic carbocycles. The van der Waals surface area contributed by atoms with Crippen molar-refractivity contribution in [2.45, 2.75) is 49.6 Å². The average Bonchev–Trinajstić information content (AvgIpc) is 2.70. The predicted molar refractivity (Wildman–Crippen MR) is 75.3 cm³/mol. The molecule has 0 spiro atoms. The zero-order valence-corrected chi connectivity index (χ0v) is 12.2. The molecule has 0 amide bonds. The molecule has 2 unspecified atom stereocenters. The molecule has 2 bridgehead atoms. The molecule has 0 aromatic carbocycles. The highest BCUT2D eigenvalue weighted by Gasteiger charge is 2.50. The summed E-state index contributed by atoms with van der Waals surface area (Å²) in [6.45, 7) is -0.190. The molecule has 0 radical (unpaired) electrons. The molecule has 2 fully saturated rings. The first-order valence-electron chi connectivity index (χ1n) is 7.10. The van der Waals surface area contributed by atoms with E-state index in [-0.39, 0.29) is 18.6 Å². The molecule has 0 N–H and O–H groups in total. The number of halogens is 3. The fraction of sp³-hybridized carbons (Fsp3) is 0.600. The zero-order chi connectivity index (χ0) is 15.0. The third-order valence-electron chi connectivity index (χ3n) is 4.76. The van der Waals surface area contributed by atoms with Crippen LogP contribution in [-0.2, 0) is 5.41 Å². The van der Waals surface area contributed by atoms with Gasteiger partial charge in [-0.25, -0.2) is 8.78 Å². The highest BCUT2D eigenvalue weighted by Crippen LogP contribution is 2.47. The van der Waals surface area contributed by atoms with Crippen LogP contribution in [0.2, 0.25) is 5.02 Å². The summed E-state index contributed by atoms with van der Waals surface area (Å²) >= 11 is 5.99. The van der Waals surface area contributed by atoms with Crippen molar-refractivity contribution in [1.82, 2.24) is 9.88 Å². The summed E-state index contributed by atoms with van der Waals surface area (Å²) < 4.78 is 25.4. The van der Waals surface area contributed by atoms with Crippen LogP contribution in [0.1, 0.15) is 31.2 Å². The molecule has 21 heavy (non-hydrogen) atoms. The first-order valence-corrected chi connectivity index (χ1v) is 7.48. The van der Waals surface area contributed by atoms with Crippen LogP contribution in [0.3, 0.4) is 0 Å². The molecule has 1 aromatic heterocycles. The van der Waals surface area contributed by atoms with Crippen LogP contribution in [0, 0.1) is 11.3 Å². The minimum atomic E-state index is -2.32. The van der Waals surface area contributed by atoms with Crippen molar-refractivity contribution in [3.63, 3.8) is 0 Å². The number of nitrogens with zero attached hydrogens (tertiary/aromatic N) is 3. The Balaban J connectivity index is 1.89. The maximum atomic E-state index is 12.7. The maximum Gasteiger partial charge on any atom is 0.251 e. The van der Waals surface area contributed by atoms with E-state index in [2.05, 4.69) is 11.1 Å². The second kappa shape index (κ2) is 5.51. The Bertz CT molecular complexity index is 558. The van der Waals surface area contributed by atoms with Crippen molar-refractivity contribution in [3.8, 4) is 6.07 Å². The summed E-state index contributed by atoms with van der Waals surface area (Å²) in [6.07, 6.45) is 3.82. The van der Waals surface area contributed by atoms with Gasteiger partial charge in [-0.2, -0.15) is 5.26 Å². The van der Waals surface area contributed by atoms with Crippen LogP contribution >= 0.6 is 11.6 Å². The number of nitriles is 1. The Labute approximate surface area is 127 Å². The first-order chi connectivity index (χ1) is 10.0. The molecule has 2 aliphatic rings. The predicted octanol–water partition coefficient (Wildman–Crippen LogP) is 3.39. The maximum absolute atomic E-state index is 12.7. The summed E-state index contributed by atoms with van der Waals surface area (Å²) in [6, 6.07) is 4.31. The van der Waals surface area contributed by atoms with Crippen molar-refractivity contribution < 1.29 is 8.78 Å². The molecule has 2 saturated heterocycles. The first kappa shape index (κ1) is 14.7. The zero-order valence-electron chi connectivity index (χ0n) is 11.5. The van der Waals surface area contributed by atoms with Crippen molar-refractivity contribution >= 4 is 11.6 Å². The molecule has 112 valence electrons. The minimum Gasteiger partial charge on any atom is -0.292 e. The van der Waals surface area contributed by atoms with Gasteiger partial charge >= 0.3 is 0 Å². The van der Waals surface area contributed by atoms with Gasteiger partial charge in [0.25, 0.3) is 6.43 Å². The molecular formula is C15H16ClF2N3. The van der Waals surface area contributed by atoms with Gasteiger partial charge < -0.3 is 0 Å². The molecule has 3 nitrogen and oxygen atoms in total. The van der Waals surface area contributed by atoms with Crippen molar-refractivity contribution in [3.05, 3.63) is 29.0 Å². The Hall–Kier alpha value is -1.25. The summed E-state index contributed by atoms with van der Waals surface area (Å²) in [4.78, 5) is 5.96. The topological polar surface area (TPSA) is 39.9 Å². The minimum absolute atomic E-state index is 0.0522. The molecule has 3 rings (SSSR count). The number of piperidine rings is 1. The smallest absolute Gasteiger partial charge is 0.251 e. The van der Waals surface area contributed by atoms with Crippen LogP contribution in [0.4, 0.5) is 8.78 Å². The van der Waals surface area contributed by atoms with E-state index in [0.717, 1.165) is 18.4 Å². The second-order valence-electron chi connectivity index (χ2n) is 5.97. The van der Waals surface area contributed by atoms with Crippen LogP contribution in [0.5, 0.6) is 0 Å². The van der Waals surface area contributed by atoms with Gasteiger partial charge in [0, 0.05) is 24.5 Å². The summed E-state index contributed by atoms with van der Waals surface area (Å²) in [5.41, 5.74) is 0.161. The Morgan fingerprint density at radius 2 is 2.05 bits per heavy atom. The summed E-state index contributed by atoms with van der Waals surface area (Å²) in [5, 5.41) is 10.2. The van der Waals surface area contributed by atoms with Crippen LogP contribution < -0.4 is 0 Å². The van der Waals surface area contributed by atoms with Gasteiger partial charge in [-0.15, -0.1) is 0 Å². The molecule has 0 saturated carbocycles.